The molecule has 0 aliphatic heterocycles. The van der Waals surface area contributed by atoms with Crippen LogP contribution in [0.15, 0.2) is 0 Å². The van der Waals surface area contributed by atoms with Crippen LogP contribution in [0.1, 0.15) is 27.2 Å². The molecule has 48 valence electrons. The van der Waals surface area contributed by atoms with Crippen molar-refractivity contribution in [1.29, 1.82) is 0 Å². The van der Waals surface area contributed by atoms with Crippen LogP contribution in [0, 0.1) is 0 Å². The van der Waals surface area contributed by atoms with Gasteiger partial charge in [-0.2, -0.15) is 7.05 Å². The smallest absolute Gasteiger partial charge is 0 e. The molecule has 0 fully saturated rings. The Balaban J connectivity index is 0. The van der Waals surface area contributed by atoms with Crippen molar-refractivity contribution < 1.29 is 25.8 Å². The summed E-state index contributed by atoms with van der Waals surface area (Å²) in [5.74, 6) is 0. The summed E-state index contributed by atoms with van der Waals surface area (Å²) >= 11 is 0. The van der Waals surface area contributed by atoms with Crippen molar-refractivity contribution in [1.82, 2.24) is 0 Å². The zero-order valence-corrected chi connectivity index (χ0v) is 9.75. The number of hydrogen-bond acceptors (Lipinski definition) is 0. The Kier molecular flexibility index (Phi) is 6.80. The van der Waals surface area contributed by atoms with Crippen molar-refractivity contribution >= 4 is 0 Å². The zero-order valence-electron chi connectivity index (χ0n) is 6.15. The molecule has 0 saturated carbocycles. The molecule has 0 heterocycles. The summed E-state index contributed by atoms with van der Waals surface area (Å²) in [5.41, 5.74) is 0.208. The van der Waals surface area contributed by atoms with E-state index in [-0.39, 0.29) is 31.4 Å². The summed E-state index contributed by atoms with van der Waals surface area (Å²) in [6.07, 6.45) is 1.13. The van der Waals surface area contributed by atoms with Crippen LogP contribution in [0.4, 0.5) is 0 Å². The van der Waals surface area contributed by atoms with E-state index in [0.29, 0.717) is 0 Å². The molecule has 0 rings (SSSR count). The second kappa shape index (κ2) is 4.68. The van der Waals surface area contributed by atoms with Crippen LogP contribution in [0.25, 0.3) is 5.32 Å². The Morgan fingerprint density at radius 3 is 1.75 bits per heavy atom. The van der Waals surface area contributed by atoms with Gasteiger partial charge in [0.2, 0.25) is 0 Å². The van der Waals surface area contributed by atoms with Gasteiger partial charge in [-0.15, -0.1) is 5.54 Å². The Hall–Kier alpha value is 0.830. The molecule has 0 aliphatic carbocycles. The third-order valence-electron chi connectivity index (χ3n) is 1.47. The predicted octanol–water partition coefficient (Wildman–Crippen LogP) is 2.18. The molecule has 0 spiro atoms. The van der Waals surface area contributed by atoms with Crippen LogP contribution in [0.2, 0.25) is 0 Å². The van der Waals surface area contributed by atoms with E-state index in [1.165, 1.54) is 0 Å². The minimum Gasteiger partial charge on any atom is -0.660 e. The van der Waals surface area contributed by atoms with Crippen molar-refractivity contribution in [2.45, 2.75) is 32.7 Å². The standard InChI is InChI=1S/C6H14N.Hf/c1-5-6(2,3)7-4;/h5H2,1-4H3;/q-1;. The van der Waals surface area contributed by atoms with Crippen LogP contribution in [-0.2, 0) is 25.8 Å². The maximum atomic E-state index is 4.14. The third-order valence-corrected chi connectivity index (χ3v) is 1.47. The fraction of sp³-hybridized carbons (Fsp3) is 1.00. The van der Waals surface area contributed by atoms with E-state index in [9.17, 15) is 0 Å². The van der Waals surface area contributed by atoms with E-state index in [2.05, 4.69) is 26.1 Å². The average molecular weight is 279 g/mol. The van der Waals surface area contributed by atoms with Gasteiger partial charge in [-0.25, -0.2) is 0 Å². The van der Waals surface area contributed by atoms with Crippen LogP contribution < -0.4 is 0 Å². The van der Waals surface area contributed by atoms with Gasteiger partial charge in [-0.1, -0.05) is 27.2 Å². The molecule has 0 N–H and O–H groups in total. The van der Waals surface area contributed by atoms with Crippen LogP contribution in [0.5, 0.6) is 0 Å². The molecule has 0 unspecified atom stereocenters. The monoisotopic (exact) mass is 280 g/mol. The summed E-state index contributed by atoms with van der Waals surface area (Å²) in [5, 5.41) is 4.14. The quantitative estimate of drug-likeness (QED) is 0.688. The molecule has 0 radical (unpaired) electrons. The fourth-order valence-electron chi connectivity index (χ4n) is 0.158. The zero-order chi connectivity index (χ0) is 5.91. The summed E-state index contributed by atoms with van der Waals surface area (Å²) in [7, 11) is 1.86. The minimum absolute atomic E-state index is 0. The van der Waals surface area contributed by atoms with Gasteiger partial charge in [0.15, 0.2) is 0 Å². The fourth-order valence-corrected chi connectivity index (χ4v) is 0.158. The van der Waals surface area contributed by atoms with Gasteiger partial charge in [-0.3, -0.25) is 0 Å². The molecule has 0 atom stereocenters. The summed E-state index contributed by atoms with van der Waals surface area (Å²) in [4.78, 5) is 0. The van der Waals surface area contributed by atoms with E-state index in [4.69, 9.17) is 0 Å². The summed E-state index contributed by atoms with van der Waals surface area (Å²) in [6, 6.07) is 0. The number of rotatable bonds is 2. The van der Waals surface area contributed by atoms with Gasteiger partial charge in [0, 0.05) is 25.8 Å². The summed E-state index contributed by atoms with van der Waals surface area (Å²) in [6.45, 7) is 6.41. The Labute approximate surface area is 71.0 Å². The number of nitrogens with zero attached hydrogens (tertiary/aromatic N) is 1. The van der Waals surface area contributed by atoms with Crippen LogP contribution in [0.3, 0.4) is 0 Å². The van der Waals surface area contributed by atoms with Gasteiger partial charge >= 0.3 is 0 Å². The summed E-state index contributed by atoms with van der Waals surface area (Å²) < 4.78 is 0. The van der Waals surface area contributed by atoms with Crippen molar-refractivity contribution in [3.8, 4) is 0 Å². The maximum absolute atomic E-state index is 4.14. The predicted molar refractivity (Wildman–Crippen MR) is 33.7 cm³/mol. The van der Waals surface area contributed by atoms with Crippen molar-refractivity contribution in [3.05, 3.63) is 5.32 Å². The molecule has 0 saturated heterocycles. The molecule has 0 aliphatic rings. The van der Waals surface area contributed by atoms with Gasteiger partial charge < -0.3 is 5.32 Å². The van der Waals surface area contributed by atoms with E-state index < -0.39 is 0 Å². The molecule has 0 aromatic rings. The molecule has 8 heavy (non-hydrogen) atoms. The van der Waals surface area contributed by atoms with E-state index in [1.54, 1.807) is 0 Å². The first-order valence-electron chi connectivity index (χ1n) is 2.73. The first-order chi connectivity index (χ1) is 3.12. The molecule has 2 heteroatoms. The average Bonchev–Trinajstić information content (AvgIpc) is 1.68. The van der Waals surface area contributed by atoms with E-state index in [0.717, 1.165) is 6.42 Å². The van der Waals surface area contributed by atoms with Gasteiger partial charge in [0.25, 0.3) is 0 Å². The van der Waals surface area contributed by atoms with Crippen LogP contribution >= 0.6 is 0 Å². The Morgan fingerprint density at radius 2 is 1.75 bits per heavy atom. The molecule has 1 nitrogen and oxygen atoms in total. The van der Waals surface area contributed by atoms with Gasteiger partial charge in [0.05, 0.1) is 0 Å². The SMILES string of the molecule is CCC(C)(C)[N-]C.[Hf]. The molecular formula is C6H14HfN-. The van der Waals surface area contributed by atoms with Gasteiger partial charge in [-0.05, 0) is 0 Å². The number of hydrogen-bond donors (Lipinski definition) is 0. The van der Waals surface area contributed by atoms with Crippen molar-refractivity contribution in [2.24, 2.45) is 0 Å². The first-order valence-corrected chi connectivity index (χ1v) is 2.73. The Bertz CT molecular complexity index is 46.5. The second-order valence-corrected chi connectivity index (χ2v) is 2.39. The topological polar surface area (TPSA) is 14.1 Å². The van der Waals surface area contributed by atoms with E-state index >= 15 is 0 Å². The molecule has 0 amide bonds. The molecular weight excluding hydrogens is 265 g/mol. The third kappa shape index (κ3) is 4.98. The minimum atomic E-state index is 0. The largest absolute Gasteiger partial charge is 0.660 e. The second-order valence-electron chi connectivity index (χ2n) is 2.39. The van der Waals surface area contributed by atoms with Crippen molar-refractivity contribution in [2.75, 3.05) is 7.05 Å². The maximum Gasteiger partial charge on any atom is 0 e. The molecule has 0 bridgehead atoms. The first kappa shape index (κ1) is 11.6. The van der Waals surface area contributed by atoms with E-state index in [1.807, 2.05) is 7.05 Å². The Morgan fingerprint density at radius 1 is 1.38 bits per heavy atom. The van der Waals surface area contributed by atoms with Crippen LogP contribution in [-0.4, -0.2) is 12.6 Å². The van der Waals surface area contributed by atoms with Gasteiger partial charge in [0.1, 0.15) is 0 Å². The molecule has 0 aromatic carbocycles. The van der Waals surface area contributed by atoms with Crippen molar-refractivity contribution in [3.63, 3.8) is 0 Å². The normalized spacial score (nSPS) is 10.5. The molecule has 0 aromatic heterocycles.